The lowest BCUT2D eigenvalue weighted by atomic mass is 9.93. The van der Waals surface area contributed by atoms with Crippen LogP contribution in [0.2, 0.25) is 0 Å². The van der Waals surface area contributed by atoms with E-state index in [4.69, 9.17) is 0 Å². The lowest BCUT2D eigenvalue weighted by Gasteiger charge is -2.12. The first kappa shape index (κ1) is 18.8. The van der Waals surface area contributed by atoms with Crippen molar-refractivity contribution in [3.8, 4) is 0 Å². The van der Waals surface area contributed by atoms with Crippen LogP contribution in [-0.2, 0) is 0 Å². The molecule has 0 N–H and O–H groups in total. The summed E-state index contributed by atoms with van der Waals surface area (Å²) in [5.41, 5.74) is 1.44. The smallest absolute Gasteiger partial charge is 0.000429 e. The summed E-state index contributed by atoms with van der Waals surface area (Å²) in [6, 6.07) is 15.4. The molecule has 0 saturated heterocycles. The Morgan fingerprint density at radius 2 is 1.67 bits per heavy atom. The molecule has 0 nitrogen and oxygen atoms in total. The Kier molecular flexibility index (Phi) is 8.08. The summed E-state index contributed by atoms with van der Waals surface area (Å²) in [5, 5.41) is 2.73. The topological polar surface area (TPSA) is 0 Å². The lowest BCUT2D eigenvalue weighted by Crippen LogP contribution is -1.94. The second-order valence-electron chi connectivity index (χ2n) is 7.32. The highest BCUT2D eigenvalue weighted by atomic mass is 14.1. The van der Waals surface area contributed by atoms with E-state index < -0.39 is 0 Å². The zero-order valence-corrected chi connectivity index (χ0v) is 15.8. The SMILES string of the molecule is CCCCCC[C@H](C)CC/C=C\[C@H](C)c1cccc2ccccc12. The van der Waals surface area contributed by atoms with Gasteiger partial charge < -0.3 is 0 Å². The first-order chi connectivity index (χ1) is 11.7. The molecular weight excluding hydrogens is 288 g/mol. The summed E-state index contributed by atoms with van der Waals surface area (Å²) in [6.07, 6.45) is 14.3. The van der Waals surface area contributed by atoms with Crippen molar-refractivity contribution in [2.45, 2.75) is 71.6 Å². The minimum Gasteiger partial charge on any atom is -0.0879 e. The molecule has 0 heteroatoms. The Bertz CT molecular complexity index is 617. The van der Waals surface area contributed by atoms with Crippen molar-refractivity contribution in [3.05, 3.63) is 60.2 Å². The van der Waals surface area contributed by atoms with E-state index in [2.05, 4.69) is 75.4 Å². The van der Waals surface area contributed by atoms with Gasteiger partial charge in [0.05, 0.1) is 0 Å². The highest BCUT2D eigenvalue weighted by molar-refractivity contribution is 5.86. The molecule has 0 radical (unpaired) electrons. The molecule has 0 fully saturated rings. The number of rotatable bonds is 10. The Morgan fingerprint density at radius 3 is 2.50 bits per heavy atom. The molecule has 0 amide bonds. The number of hydrogen-bond donors (Lipinski definition) is 0. The molecule has 2 atom stereocenters. The minimum atomic E-state index is 0.482. The van der Waals surface area contributed by atoms with E-state index in [9.17, 15) is 0 Å². The molecule has 2 aromatic carbocycles. The molecule has 0 aliphatic carbocycles. The first-order valence-electron chi connectivity index (χ1n) is 9.86. The third-order valence-corrected chi connectivity index (χ3v) is 5.12. The van der Waals surface area contributed by atoms with Crippen LogP contribution in [0.3, 0.4) is 0 Å². The third-order valence-electron chi connectivity index (χ3n) is 5.12. The number of fused-ring (bicyclic) bond motifs is 1. The Balaban J connectivity index is 1.81. The van der Waals surface area contributed by atoms with Crippen LogP contribution in [0.1, 0.15) is 77.2 Å². The van der Waals surface area contributed by atoms with E-state index in [1.54, 1.807) is 0 Å². The van der Waals surface area contributed by atoms with Crippen LogP contribution in [0.15, 0.2) is 54.6 Å². The molecule has 130 valence electrons. The average Bonchev–Trinajstić information content (AvgIpc) is 2.61. The van der Waals surface area contributed by atoms with Gasteiger partial charge in [-0.2, -0.15) is 0 Å². The minimum absolute atomic E-state index is 0.482. The molecule has 2 aromatic rings. The van der Waals surface area contributed by atoms with E-state index in [-0.39, 0.29) is 0 Å². The first-order valence-corrected chi connectivity index (χ1v) is 9.86. The molecule has 0 spiro atoms. The Morgan fingerprint density at radius 1 is 0.875 bits per heavy atom. The van der Waals surface area contributed by atoms with E-state index in [0.717, 1.165) is 5.92 Å². The fourth-order valence-electron chi connectivity index (χ4n) is 3.50. The molecule has 0 saturated carbocycles. The monoisotopic (exact) mass is 322 g/mol. The fourth-order valence-corrected chi connectivity index (χ4v) is 3.50. The number of hydrogen-bond acceptors (Lipinski definition) is 0. The number of unbranched alkanes of at least 4 members (excludes halogenated alkanes) is 3. The lowest BCUT2D eigenvalue weighted by molar-refractivity contribution is 0.463. The van der Waals surface area contributed by atoms with E-state index >= 15 is 0 Å². The zero-order valence-electron chi connectivity index (χ0n) is 15.8. The van der Waals surface area contributed by atoms with Crippen molar-refractivity contribution < 1.29 is 0 Å². The van der Waals surface area contributed by atoms with Crippen LogP contribution in [-0.4, -0.2) is 0 Å². The third kappa shape index (κ3) is 5.82. The van der Waals surface area contributed by atoms with Crippen LogP contribution in [0.5, 0.6) is 0 Å². The average molecular weight is 323 g/mol. The highest BCUT2D eigenvalue weighted by Gasteiger charge is 2.06. The van der Waals surface area contributed by atoms with Crippen molar-refractivity contribution in [2.24, 2.45) is 5.92 Å². The maximum Gasteiger partial charge on any atom is -0.000429 e. The fraction of sp³-hybridized carbons (Fsp3) is 0.500. The van der Waals surface area contributed by atoms with Gasteiger partial charge in [-0.15, -0.1) is 0 Å². The van der Waals surface area contributed by atoms with Crippen LogP contribution >= 0.6 is 0 Å². The van der Waals surface area contributed by atoms with Gasteiger partial charge in [-0.25, -0.2) is 0 Å². The van der Waals surface area contributed by atoms with Gasteiger partial charge in [0, 0.05) is 0 Å². The molecule has 0 aliphatic rings. The molecule has 24 heavy (non-hydrogen) atoms. The molecule has 2 rings (SSSR count). The molecule has 0 unspecified atom stereocenters. The predicted octanol–water partition coefficient (Wildman–Crippen LogP) is 7.89. The van der Waals surface area contributed by atoms with Crippen LogP contribution in [0, 0.1) is 5.92 Å². The van der Waals surface area contributed by atoms with Crippen LogP contribution < -0.4 is 0 Å². The highest BCUT2D eigenvalue weighted by Crippen LogP contribution is 2.26. The van der Waals surface area contributed by atoms with Crippen LogP contribution in [0.25, 0.3) is 10.8 Å². The van der Waals surface area contributed by atoms with Gasteiger partial charge in [-0.3, -0.25) is 0 Å². The van der Waals surface area contributed by atoms with Crippen molar-refractivity contribution in [2.75, 3.05) is 0 Å². The van der Waals surface area contributed by atoms with E-state index in [1.807, 2.05) is 0 Å². The quantitative estimate of drug-likeness (QED) is 0.308. The summed E-state index contributed by atoms with van der Waals surface area (Å²) in [7, 11) is 0. The van der Waals surface area contributed by atoms with Gasteiger partial charge in [0.2, 0.25) is 0 Å². The molecule has 0 heterocycles. The maximum absolute atomic E-state index is 2.41. The largest absolute Gasteiger partial charge is 0.0879 e. The van der Waals surface area contributed by atoms with Crippen molar-refractivity contribution in [1.29, 1.82) is 0 Å². The van der Waals surface area contributed by atoms with Gasteiger partial charge in [-0.1, -0.05) is 107 Å². The Hall–Kier alpha value is -1.56. The van der Waals surface area contributed by atoms with E-state index in [1.165, 1.54) is 61.3 Å². The molecule has 0 bridgehead atoms. The summed E-state index contributed by atoms with van der Waals surface area (Å²) < 4.78 is 0. The molecular formula is C24H34. The second kappa shape index (κ2) is 10.3. The second-order valence-corrected chi connectivity index (χ2v) is 7.32. The summed E-state index contributed by atoms with van der Waals surface area (Å²) in [4.78, 5) is 0. The van der Waals surface area contributed by atoms with Crippen molar-refractivity contribution in [1.82, 2.24) is 0 Å². The molecule has 0 aliphatic heterocycles. The number of allylic oxidation sites excluding steroid dienone is 2. The van der Waals surface area contributed by atoms with Gasteiger partial charge in [-0.05, 0) is 41.0 Å². The van der Waals surface area contributed by atoms with Gasteiger partial charge in [0.1, 0.15) is 0 Å². The van der Waals surface area contributed by atoms with Gasteiger partial charge in [0.15, 0.2) is 0 Å². The Labute approximate surface area is 149 Å². The van der Waals surface area contributed by atoms with Crippen molar-refractivity contribution >= 4 is 10.8 Å². The van der Waals surface area contributed by atoms with Crippen LogP contribution in [0.4, 0.5) is 0 Å². The number of benzene rings is 2. The normalized spacial score (nSPS) is 14.3. The summed E-state index contributed by atoms with van der Waals surface area (Å²) in [6.45, 7) is 7.01. The van der Waals surface area contributed by atoms with E-state index in [0.29, 0.717) is 5.92 Å². The summed E-state index contributed by atoms with van der Waals surface area (Å²) in [5.74, 6) is 1.34. The predicted molar refractivity (Wildman–Crippen MR) is 109 cm³/mol. The maximum atomic E-state index is 2.41. The molecule has 0 aromatic heterocycles. The van der Waals surface area contributed by atoms with Gasteiger partial charge in [0.25, 0.3) is 0 Å². The van der Waals surface area contributed by atoms with Crippen molar-refractivity contribution in [3.63, 3.8) is 0 Å². The zero-order chi connectivity index (χ0) is 17.2. The van der Waals surface area contributed by atoms with Gasteiger partial charge >= 0.3 is 0 Å². The standard InChI is InChI=1S/C24H34/c1-4-5-6-7-13-20(2)14-8-9-15-21(3)23-19-12-17-22-16-10-11-18-24(22)23/h9-12,15-21H,4-8,13-14H2,1-3H3/b15-9-/t20-,21-/m0/s1. The summed E-state index contributed by atoms with van der Waals surface area (Å²) >= 11 is 0.